The summed E-state index contributed by atoms with van der Waals surface area (Å²) >= 11 is 3.49. The predicted octanol–water partition coefficient (Wildman–Crippen LogP) is 5.45. The Hall–Kier alpha value is -0.960. The minimum Gasteiger partial charge on any atom is -0.181 e. The molecule has 4 rings (SSSR count). The van der Waals surface area contributed by atoms with Crippen LogP contribution in [0.4, 0.5) is 0 Å². The van der Waals surface area contributed by atoms with Crippen molar-refractivity contribution in [2.75, 3.05) is 0 Å². The van der Waals surface area contributed by atoms with Crippen molar-refractivity contribution < 1.29 is 0 Å². The molecule has 2 fully saturated rings. The van der Waals surface area contributed by atoms with Crippen LogP contribution < -0.4 is 0 Å². The maximum Gasteiger partial charge on any atom is 0.117 e. The molecule has 110 valence electrons. The van der Waals surface area contributed by atoms with Crippen molar-refractivity contribution in [2.24, 2.45) is 27.5 Å². The van der Waals surface area contributed by atoms with Crippen molar-refractivity contribution in [3.8, 4) is 0 Å². The van der Waals surface area contributed by atoms with E-state index >= 15 is 0 Å². The molecule has 3 heteroatoms. The summed E-state index contributed by atoms with van der Waals surface area (Å²) in [6, 6.07) is 10.9. The fourth-order valence-corrected chi connectivity index (χ4v) is 5.97. The average molecular weight is 345 g/mol. The van der Waals surface area contributed by atoms with E-state index in [2.05, 4.69) is 66.2 Å². The van der Waals surface area contributed by atoms with E-state index in [9.17, 15) is 0 Å². The molecule has 0 spiro atoms. The number of hydrogen-bond donors (Lipinski definition) is 0. The predicted molar refractivity (Wildman–Crippen MR) is 88.4 cm³/mol. The van der Waals surface area contributed by atoms with Crippen molar-refractivity contribution in [1.82, 2.24) is 0 Å². The molecule has 1 heterocycles. The molecule has 0 amide bonds. The van der Waals surface area contributed by atoms with Crippen LogP contribution >= 0.6 is 15.9 Å². The van der Waals surface area contributed by atoms with Crippen LogP contribution in [0.5, 0.6) is 0 Å². The van der Waals surface area contributed by atoms with Crippen molar-refractivity contribution in [1.29, 1.82) is 0 Å². The molecule has 0 radical (unpaired) electrons. The monoisotopic (exact) mass is 344 g/mol. The molecule has 1 aromatic rings. The minimum absolute atomic E-state index is 0.0153. The van der Waals surface area contributed by atoms with Crippen LogP contribution in [0, 0.1) is 17.3 Å². The van der Waals surface area contributed by atoms with Gasteiger partial charge in [-0.15, -0.1) is 0 Å². The zero-order valence-electron chi connectivity index (χ0n) is 12.6. The first-order chi connectivity index (χ1) is 10.1. The molecule has 0 aromatic heterocycles. The van der Waals surface area contributed by atoms with Crippen molar-refractivity contribution >= 4 is 15.9 Å². The highest BCUT2D eigenvalue weighted by molar-refractivity contribution is 9.11. The molecule has 2 saturated carbocycles. The summed E-state index contributed by atoms with van der Waals surface area (Å²) in [5.41, 5.74) is 1.06. The van der Waals surface area contributed by atoms with Gasteiger partial charge >= 0.3 is 0 Å². The van der Waals surface area contributed by atoms with E-state index in [4.69, 9.17) is 10.2 Å². The SMILES string of the molecule is CC1(C)[C@@]2(/C=C\Br)N=N[C@]1(c1ccccc1)[C@@H]1CCC[C@@H]12. The Morgan fingerprint density at radius 3 is 2.52 bits per heavy atom. The van der Waals surface area contributed by atoms with Gasteiger partial charge in [0.1, 0.15) is 11.1 Å². The van der Waals surface area contributed by atoms with Gasteiger partial charge < -0.3 is 0 Å². The van der Waals surface area contributed by atoms with E-state index < -0.39 is 0 Å². The van der Waals surface area contributed by atoms with Crippen LogP contribution in [0.2, 0.25) is 0 Å². The second-order valence-electron chi connectivity index (χ2n) is 7.22. The first-order valence-corrected chi connectivity index (χ1v) is 8.79. The van der Waals surface area contributed by atoms with Gasteiger partial charge in [0.2, 0.25) is 0 Å². The summed E-state index contributed by atoms with van der Waals surface area (Å²) in [4.78, 5) is 2.00. The van der Waals surface area contributed by atoms with Crippen molar-refractivity contribution in [3.05, 3.63) is 47.0 Å². The highest BCUT2D eigenvalue weighted by Gasteiger charge is 2.76. The number of hydrogen-bond acceptors (Lipinski definition) is 2. The van der Waals surface area contributed by atoms with Gasteiger partial charge in [-0.25, -0.2) is 0 Å². The fraction of sp³-hybridized carbons (Fsp3) is 0.556. The number of benzene rings is 1. The Labute approximate surface area is 134 Å². The number of halogens is 1. The first kappa shape index (κ1) is 13.7. The third kappa shape index (κ3) is 1.35. The van der Waals surface area contributed by atoms with Gasteiger partial charge in [-0.1, -0.05) is 66.5 Å². The highest BCUT2D eigenvalue weighted by atomic mass is 79.9. The summed E-state index contributed by atoms with van der Waals surface area (Å²) < 4.78 is 0. The summed E-state index contributed by atoms with van der Waals surface area (Å²) in [6.07, 6.45) is 6.12. The number of rotatable bonds is 2. The average Bonchev–Trinajstić information content (AvgIpc) is 3.09. The number of nitrogens with zero attached hydrogens (tertiary/aromatic N) is 2. The second kappa shape index (κ2) is 4.28. The van der Waals surface area contributed by atoms with E-state index in [1.165, 1.54) is 24.8 Å². The Morgan fingerprint density at radius 2 is 1.81 bits per heavy atom. The molecular weight excluding hydrogens is 324 g/mol. The maximum atomic E-state index is 4.94. The van der Waals surface area contributed by atoms with Crippen molar-refractivity contribution in [2.45, 2.75) is 44.2 Å². The van der Waals surface area contributed by atoms with E-state index in [0.29, 0.717) is 11.8 Å². The smallest absolute Gasteiger partial charge is 0.117 e. The first-order valence-electron chi connectivity index (χ1n) is 7.88. The summed E-state index contributed by atoms with van der Waals surface area (Å²) in [5, 5.41) is 9.82. The lowest BCUT2D eigenvalue weighted by molar-refractivity contribution is 0.164. The van der Waals surface area contributed by atoms with Gasteiger partial charge in [0.25, 0.3) is 0 Å². The Morgan fingerprint density at radius 1 is 1.10 bits per heavy atom. The zero-order valence-corrected chi connectivity index (χ0v) is 14.2. The second-order valence-corrected chi connectivity index (χ2v) is 7.75. The highest BCUT2D eigenvalue weighted by Crippen LogP contribution is 2.74. The van der Waals surface area contributed by atoms with Crippen LogP contribution in [-0.2, 0) is 5.54 Å². The Bertz CT molecular complexity index is 621. The summed E-state index contributed by atoms with van der Waals surface area (Å²) in [5.74, 6) is 1.25. The van der Waals surface area contributed by atoms with Gasteiger partial charge in [-0.2, -0.15) is 10.2 Å². The number of azo groups is 1. The van der Waals surface area contributed by atoms with Crippen LogP contribution in [0.25, 0.3) is 0 Å². The summed E-state index contributed by atoms with van der Waals surface area (Å²) in [7, 11) is 0. The number of fused-ring (bicyclic) bond motifs is 5. The van der Waals surface area contributed by atoms with Crippen LogP contribution in [-0.4, -0.2) is 5.54 Å². The van der Waals surface area contributed by atoms with Crippen molar-refractivity contribution in [3.63, 3.8) is 0 Å². The lowest BCUT2D eigenvalue weighted by Gasteiger charge is -2.40. The lowest BCUT2D eigenvalue weighted by atomic mass is 9.63. The van der Waals surface area contributed by atoms with E-state index in [0.717, 1.165) is 0 Å². The van der Waals surface area contributed by atoms with Gasteiger partial charge in [-0.3, -0.25) is 0 Å². The maximum absolute atomic E-state index is 4.94. The molecular formula is C18H21BrN2. The quantitative estimate of drug-likeness (QED) is 0.681. The Balaban J connectivity index is 1.98. The van der Waals surface area contributed by atoms with E-state index in [-0.39, 0.29) is 16.5 Å². The molecule has 0 N–H and O–H groups in total. The molecule has 2 aliphatic carbocycles. The van der Waals surface area contributed by atoms with E-state index in [1.54, 1.807) is 0 Å². The molecule has 1 aliphatic heterocycles. The summed E-state index contributed by atoms with van der Waals surface area (Å²) in [6.45, 7) is 4.73. The van der Waals surface area contributed by atoms with Gasteiger partial charge in [0.05, 0.1) is 0 Å². The Kier molecular flexibility index (Phi) is 2.79. The van der Waals surface area contributed by atoms with Crippen LogP contribution in [0.1, 0.15) is 38.7 Å². The normalized spacial score (nSPS) is 42.8. The molecule has 0 unspecified atom stereocenters. The molecule has 21 heavy (non-hydrogen) atoms. The fourth-order valence-electron chi connectivity index (χ4n) is 5.57. The third-order valence-electron chi connectivity index (χ3n) is 6.48. The van der Waals surface area contributed by atoms with Gasteiger partial charge in [0, 0.05) is 5.41 Å². The topological polar surface area (TPSA) is 24.7 Å². The zero-order chi connectivity index (χ0) is 14.7. The van der Waals surface area contributed by atoms with Crippen LogP contribution in [0.3, 0.4) is 0 Å². The van der Waals surface area contributed by atoms with Crippen LogP contribution in [0.15, 0.2) is 51.6 Å². The molecule has 4 atom stereocenters. The molecule has 1 aromatic carbocycles. The third-order valence-corrected chi connectivity index (χ3v) is 6.74. The van der Waals surface area contributed by atoms with Gasteiger partial charge in [-0.05, 0) is 41.3 Å². The molecule has 0 saturated heterocycles. The minimum atomic E-state index is -0.151. The van der Waals surface area contributed by atoms with E-state index in [1.807, 2.05) is 4.99 Å². The standard InChI is InChI=1S/C18H21BrN2/c1-16(2)17(11-12-19)14-9-6-10-15(14)18(16,21-20-17)13-7-4-3-5-8-13/h3-5,7-8,11-12,14-15H,6,9-10H2,1-2H3/b12-11-/t14-,15+,17-,18+/m0/s1. The molecule has 3 aliphatic rings. The molecule has 2 bridgehead atoms. The largest absolute Gasteiger partial charge is 0.181 e. The lowest BCUT2D eigenvalue weighted by Crippen LogP contribution is -2.45. The van der Waals surface area contributed by atoms with Gasteiger partial charge in [0.15, 0.2) is 0 Å². The molecule has 2 nitrogen and oxygen atoms in total.